The second-order valence-electron chi connectivity index (χ2n) is 5.60. The van der Waals surface area contributed by atoms with Gasteiger partial charge >= 0.3 is 6.36 Å². The molecule has 2 aromatic carbocycles. The summed E-state index contributed by atoms with van der Waals surface area (Å²) in [6, 6.07) is 11.7. The zero-order valence-corrected chi connectivity index (χ0v) is 15.0. The van der Waals surface area contributed by atoms with Crippen LogP contribution in [-0.2, 0) is 11.3 Å². The minimum atomic E-state index is -4.83. The van der Waals surface area contributed by atoms with Crippen molar-refractivity contribution in [3.8, 4) is 5.75 Å². The third-order valence-electron chi connectivity index (χ3n) is 3.52. The first-order valence-corrected chi connectivity index (χ1v) is 8.15. The molecule has 144 valence electrons. The molecule has 0 radical (unpaired) electrons. The first-order valence-electron chi connectivity index (χ1n) is 7.77. The molecule has 0 atom stereocenters. The van der Waals surface area contributed by atoms with E-state index in [1.54, 1.807) is 18.2 Å². The van der Waals surface area contributed by atoms with Gasteiger partial charge in [0, 0.05) is 29.7 Å². The normalized spacial score (nSPS) is 11.0. The van der Waals surface area contributed by atoms with Crippen LogP contribution in [0.15, 0.2) is 48.5 Å². The molecule has 2 amide bonds. The average Bonchev–Trinajstić information content (AvgIpc) is 2.59. The monoisotopic (exact) mass is 400 g/mol. The largest absolute Gasteiger partial charge is 0.573 e. The van der Waals surface area contributed by atoms with Crippen LogP contribution >= 0.6 is 11.6 Å². The quantitative estimate of drug-likeness (QED) is 0.805. The number of rotatable bonds is 6. The van der Waals surface area contributed by atoms with Gasteiger partial charge < -0.3 is 15.0 Å². The fraction of sp³-hybridized carbons (Fsp3) is 0.222. The molecule has 1 N–H and O–H groups in total. The molecule has 0 bridgehead atoms. The summed E-state index contributed by atoms with van der Waals surface area (Å²) in [7, 11) is 1.41. The van der Waals surface area contributed by atoms with E-state index in [4.69, 9.17) is 11.6 Å². The van der Waals surface area contributed by atoms with Crippen molar-refractivity contribution in [2.24, 2.45) is 0 Å². The Kier molecular flexibility index (Phi) is 6.68. The Hall–Kier alpha value is -2.74. The Balaban J connectivity index is 1.95. The molecule has 2 aromatic rings. The van der Waals surface area contributed by atoms with E-state index in [2.05, 4.69) is 10.1 Å². The number of nitrogens with zero attached hydrogens (tertiary/aromatic N) is 1. The lowest BCUT2D eigenvalue weighted by Crippen LogP contribution is -2.38. The average molecular weight is 401 g/mol. The lowest BCUT2D eigenvalue weighted by molar-refractivity contribution is -0.275. The maximum Gasteiger partial charge on any atom is 0.573 e. The summed E-state index contributed by atoms with van der Waals surface area (Å²) >= 11 is 5.81. The molecule has 0 fully saturated rings. The van der Waals surface area contributed by atoms with Gasteiger partial charge in [-0.15, -0.1) is 13.2 Å². The van der Waals surface area contributed by atoms with Gasteiger partial charge in [0.1, 0.15) is 5.75 Å². The van der Waals surface area contributed by atoms with Crippen LogP contribution in [0.5, 0.6) is 5.75 Å². The van der Waals surface area contributed by atoms with E-state index in [1.807, 2.05) is 0 Å². The molecule has 0 aromatic heterocycles. The van der Waals surface area contributed by atoms with E-state index >= 15 is 0 Å². The Labute approximate surface area is 158 Å². The first kappa shape index (κ1) is 20.6. The van der Waals surface area contributed by atoms with Gasteiger partial charge in [-0.25, -0.2) is 0 Å². The zero-order chi connectivity index (χ0) is 20.0. The van der Waals surface area contributed by atoms with E-state index in [0.717, 1.165) is 0 Å². The molecular formula is C18H16ClF3N2O3. The molecule has 0 aliphatic carbocycles. The highest BCUT2D eigenvalue weighted by Gasteiger charge is 2.32. The van der Waals surface area contributed by atoms with Crippen LogP contribution in [0.4, 0.5) is 13.2 Å². The number of hydrogen-bond acceptors (Lipinski definition) is 3. The molecule has 5 nitrogen and oxygen atoms in total. The lowest BCUT2D eigenvalue weighted by Gasteiger charge is -2.20. The van der Waals surface area contributed by atoms with Crippen molar-refractivity contribution in [3.63, 3.8) is 0 Å². The first-order chi connectivity index (χ1) is 12.7. The molecule has 0 unspecified atom stereocenters. The van der Waals surface area contributed by atoms with E-state index in [0.29, 0.717) is 10.6 Å². The summed E-state index contributed by atoms with van der Waals surface area (Å²) in [5, 5.41) is 2.83. The standard InChI is InChI=1S/C18H16ClF3N2O3/c1-24(11-13-5-2-3-8-15(13)27-18(20,21)22)16(25)10-23-17(26)12-6-4-7-14(19)9-12/h2-9H,10-11H2,1H3,(H,23,26). The van der Waals surface area contributed by atoms with Gasteiger partial charge in [0.2, 0.25) is 5.91 Å². The van der Waals surface area contributed by atoms with Crippen molar-refractivity contribution in [1.82, 2.24) is 10.2 Å². The highest BCUT2D eigenvalue weighted by molar-refractivity contribution is 6.30. The van der Waals surface area contributed by atoms with Gasteiger partial charge in [0.25, 0.3) is 5.91 Å². The van der Waals surface area contributed by atoms with Crippen molar-refractivity contribution in [3.05, 3.63) is 64.7 Å². The number of carbonyl (C=O) groups excluding carboxylic acids is 2. The molecule has 0 saturated carbocycles. The smallest absolute Gasteiger partial charge is 0.405 e. The van der Waals surface area contributed by atoms with Crippen molar-refractivity contribution in [1.29, 1.82) is 0 Å². The van der Waals surface area contributed by atoms with Crippen LogP contribution in [0.3, 0.4) is 0 Å². The second kappa shape index (κ2) is 8.77. The summed E-state index contributed by atoms with van der Waals surface area (Å²) in [5.74, 6) is -1.35. The van der Waals surface area contributed by atoms with Crippen LogP contribution in [-0.4, -0.2) is 36.7 Å². The van der Waals surface area contributed by atoms with Gasteiger partial charge in [-0.1, -0.05) is 35.9 Å². The highest BCUT2D eigenvalue weighted by atomic mass is 35.5. The van der Waals surface area contributed by atoms with E-state index in [9.17, 15) is 22.8 Å². The molecule has 0 aliphatic rings. The minimum absolute atomic E-state index is 0.113. The molecule has 0 saturated heterocycles. The van der Waals surface area contributed by atoms with Crippen LogP contribution in [0.1, 0.15) is 15.9 Å². The Morgan fingerprint density at radius 3 is 2.52 bits per heavy atom. The summed E-state index contributed by atoms with van der Waals surface area (Å²) in [5.41, 5.74) is 0.480. The van der Waals surface area contributed by atoms with Crippen LogP contribution in [0, 0.1) is 0 Å². The van der Waals surface area contributed by atoms with E-state index < -0.39 is 18.2 Å². The zero-order valence-electron chi connectivity index (χ0n) is 14.2. The number of ether oxygens (including phenoxy) is 1. The van der Waals surface area contributed by atoms with Gasteiger partial charge in [0.05, 0.1) is 6.54 Å². The third kappa shape index (κ3) is 6.49. The number of benzene rings is 2. The molecule has 0 heterocycles. The van der Waals surface area contributed by atoms with Gasteiger partial charge in [-0.3, -0.25) is 9.59 Å². The maximum atomic E-state index is 12.5. The van der Waals surface area contributed by atoms with Gasteiger partial charge in [-0.05, 0) is 24.3 Å². The minimum Gasteiger partial charge on any atom is -0.405 e. The fourth-order valence-corrected chi connectivity index (χ4v) is 2.42. The number of nitrogens with one attached hydrogen (secondary N) is 1. The number of halogens is 4. The molecule has 0 spiro atoms. The number of para-hydroxylation sites is 1. The SMILES string of the molecule is CN(Cc1ccccc1OC(F)(F)F)C(=O)CNC(=O)c1cccc(Cl)c1. The maximum absolute atomic E-state index is 12.5. The van der Waals surface area contributed by atoms with Crippen molar-refractivity contribution in [2.45, 2.75) is 12.9 Å². The fourth-order valence-electron chi connectivity index (χ4n) is 2.23. The van der Waals surface area contributed by atoms with E-state index in [1.165, 1.54) is 42.3 Å². The molecule has 9 heteroatoms. The van der Waals surface area contributed by atoms with Crippen LogP contribution < -0.4 is 10.1 Å². The Morgan fingerprint density at radius 2 is 1.85 bits per heavy atom. The summed E-state index contributed by atoms with van der Waals surface area (Å²) < 4.78 is 41.3. The number of likely N-dealkylation sites (N-methyl/N-ethyl adjacent to an activating group) is 1. The Bertz CT molecular complexity index is 827. The van der Waals surface area contributed by atoms with Crippen molar-refractivity contribution < 1.29 is 27.5 Å². The van der Waals surface area contributed by atoms with Crippen molar-refractivity contribution in [2.75, 3.05) is 13.6 Å². The topological polar surface area (TPSA) is 58.6 Å². The molecule has 0 aliphatic heterocycles. The number of alkyl halides is 3. The summed E-state index contributed by atoms with van der Waals surface area (Å²) in [6.07, 6.45) is -4.83. The lowest BCUT2D eigenvalue weighted by atomic mass is 10.2. The number of carbonyl (C=O) groups is 2. The van der Waals surface area contributed by atoms with Crippen molar-refractivity contribution >= 4 is 23.4 Å². The van der Waals surface area contributed by atoms with Crippen LogP contribution in [0.2, 0.25) is 5.02 Å². The highest BCUT2D eigenvalue weighted by Crippen LogP contribution is 2.26. The molecule has 27 heavy (non-hydrogen) atoms. The number of amides is 2. The summed E-state index contributed by atoms with van der Waals surface area (Å²) in [6.45, 7) is -0.428. The van der Waals surface area contributed by atoms with Crippen LogP contribution in [0.25, 0.3) is 0 Å². The predicted octanol–water partition coefficient (Wildman–Crippen LogP) is 3.63. The summed E-state index contributed by atoms with van der Waals surface area (Å²) in [4.78, 5) is 25.4. The second-order valence-corrected chi connectivity index (χ2v) is 6.03. The number of hydrogen-bond donors (Lipinski definition) is 1. The van der Waals surface area contributed by atoms with Gasteiger partial charge in [0.15, 0.2) is 0 Å². The Morgan fingerprint density at radius 1 is 1.15 bits per heavy atom. The molecular weight excluding hydrogens is 385 g/mol. The van der Waals surface area contributed by atoms with E-state index in [-0.39, 0.29) is 24.4 Å². The third-order valence-corrected chi connectivity index (χ3v) is 3.75. The predicted molar refractivity (Wildman–Crippen MR) is 93.4 cm³/mol. The van der Waals surface area contributed by atoms with Gasteiger partial charge in [-0.2, -0.15) is 0 Å². The molecule has 2 rings (SSSR count).